The maximum Gasteiger partial charge on any atom is 0.134 e. The number of rotatable bonds is 2. The zero-order valence-electron chi connectivity index (χ0n) is 13.5. The van der Waals surface area contributed by atoms with Crippen LogP contribution in [0.15, 0.2) is 34.7 Å². The van der Waals surface area contributed by atoms with Gasteiger partial charge in [-0.3, -0.25) is 0 Å². The van der Waals surface area contributed by atoms with Crippen molar-refractivity contribution in [1.29, 1.82) is 0 Å². The third-order valence-corrected chi connectivity index (χ3v) is 5.00. The lowest BCUT2D eigenvalue weighted by Gasteiger charge is -2.42. The van der Waals surface area contributed by atoms with Crippen molar-refractivity contribution < 1.29 is 4.42 Å². The minimum atomic E-state index is 0.226. The number of hydrogen-bond donors (Lipinski definition) is 1. The highest BCUT2D eigenvalue weighted by molar-refractivity contribution is 5.62. The molecule has 0 atom stereocenters. The molecule has 21 heavy (non-hydrogen) atoms. The minimum absolute atomic E-state index is 0.226. The molecule has 0 aliphatic heterocycles. The molecule has 0 amide bonds. The summed E-state index contributed by atoms with van der Waals surface area (Å²) in [5.41, 5.74) is 10.2. The molecule has 0 radical (unpaired) electrons. The van der Waals surface area contributed by atoms with Gasteiger partial charge in [0.15, 0.2) is 0 Å². The van der Waals surface area contributed by atoms with Crippen molar-refractivity contribution in [2.75, 3.05) is 0 Å². The lowest BCUT2D eigenvalue weighted by atomic mass is 9.63. The summed E-state index contributed by atoms with van der Waals surface area (Å²) in [4.78, 5) is 0. The van der Waals surface area contributed by atoms with Gasteiger partial charge in [-0.05, 0) is 53.0 Å². The van der Waals surface area contributed by atoms with Crippen molar-refractivity contribution in [2.45, 2.75) is 57.9 Å². The largest absolute Gasteiger partial charge is 0.460 e. The van der Waals surface area contributed by atoms with Crippen molar-refractivity contribution in [1.82, 2.24) is 0 Å². The van der Waals surface area contributed by atoms with E-state index in [4.69, 9.17) is 10.2 Å². The van der Waals surface area contributed by atoms with Gasteiger partial charge in [0.25, 0.3) is 0 Å². The van der Waals surface area contributed by atoms with Crippen LogP contribution in [0.1, 0.15) is 57.4 Å². The van der Waals surface area contributed by atoms with Crippen molar-refractivity contribution in [3.8, 4) is 11.3 Å². The molecule has 0 unspecified atom stereocenters. The Morgan fingerprint density at radius 1 is 0.952 bits per heavy atom. The van der Waals surface area contributed by atoms with Crippen molar-refractivity contribution in [3.63, 3.8) is 0 Å². The Morgan fingerprint density at radius 3 is 2.24 bits per heavy atom. The van der Waals surface area contributed by atoms with Crippen LogP contribution >= 0.6 is 0 Å². The van der Waals surface area contributed by atoms with E-state index in [0.29, 0.717) is 6.54 Å². The molecule has 1 aromatic heterocycles. The summed E-state index contributed by atoms with van der Waals surface area (Å²) in [5, 5.41) is 0. The quantitative estimate of drug-likeness (QED) is 0.863. The number of nitrogens with two attached hydrogens (primary N) is 1. The van der Waals surface area contributed by atoms with E-state index < -0.39 is 0 Å². The second-order valence-corrected chi connectivity index (χ2v) is 7.50. The molecule has 0 spiro atoms. The smallest absolute Gasteiger partial charge is 0.134 e. The van der Waals surface area contributed by atoms with E-state index in [-0.39, 0.29) is 10.8 Å². The molecule has 112 valence electrons. The third-order valence-electron chi connectivity index (χ3n) is 5.00. The van der Waals surface area contributed by atoms with Gasteiger partial charge in [0, 0.05) is 5.56 Å². The standard InChI is InChI=1S/C19H25NO/c1-18(2)9-10-19(3,4)16-11-13(5-7-15(16)18)17-8-6-14(12-20)21-17/h5-8,11H,9-10,12,20H2,1-4H3. The first-order valence-corrected chi connectivity index (χ1v) is 7.78. The summed E-state index contributed by atoms with van der Waals surface area (Å²) in [6.45, 7) is 9.83. The second kappa shape index (κ2) is 4.74. The molecule has 0 saturated carbocycles. The van der Waals surface area contributed by atoms with Gasteiger partial charge in [-0.1, -0.05) is 39.8 Å². The Hall–Kier alpha value is -1.54. The van der Waals surface area contributed by atoms with Gasteiger partial charge in [-0.2, -0.15) is 0 Å². The van der Waals surface area contributed by atoms with Crippen LogP contribution in [-0.2, 0) is 17.4 Å². The highest BCUT2D eigenvalue weighted by atomic mass is 16.3. The average Bonchev–Trinajstić information content (AvgIpc) is 2.93. The molecule has 2 aromatic rings. The number of fused-ring (bicyclic) bond motifs is 1. The zero-order chi connectivity index (χ0) is 15.3. The molecule has 1 aliphatic rings. The normalized spacial score (nSPS) is 19.3. The first-order valence-electron chi connectivity index (χ1n) is 7.78. The van der Waals surface area contributed by atoms with Crippen molar-refractivity contribution in [2.24, 2.45) is 5.73 Å². The number of furan rings is 1. The Labute approximate surface area is 127 Å². The van der Waals surface area contributed by atoms with Crippen LogP contribution in [0.5, 0.6) is 0 Å². The maximum atomic E-state index is 5.81. The molecular formula is C19H25NO. The minimum Gasteiger partial charge on any atom is -0.460 e. The summed E-state index contributed by atoms with van der Waals surface area (Å²) in [6, 6.07) is 10.8. The Bertz CT molecular complexity index is 664. The van der Waals surface area contributed by atoms with Crippen LogP contribution in [0.25, 0.3) is 11.3 Å². The molecule has 0 saturated heterocycles. The van der Waals surface area contributed by atoms with Crippen LogP contribution in [-0.4, -0.2) is 0 Å². The third kappa shape index (κ3) is 2.42. The predicted octanol–water partition coefficient (Wildman–Crippen LogP) is 4.75. The summed E-state index contributed by atoms with van der Waals surface area (Å²) >= 11 is 0. The van der Waals surface area contributed by atoms with Crippen LogP contribution in [0, 0.1) is 0 Å². The van der Waals surface area contributed by atoms with Gasteiger partial charge in [0.1, 0.15) is 11.5 Å². The highest BCUT2D eigenvalue weighted by Gasteiger charge is 2.37. The number of hydrogen-bond acceptors (Lipinski definition) is 2. The van der Waals surface area contributed by atoms with E-state index >= 15 is 0 Å². The molecule has 2 N–H and O–H groups in total. The zero-order valence-corrected chi connectivity index (χ0v) is 13.5. The summed E-state index contributed by atoms with van der Waals surface area (Å²) in [6.07, 6.45) is 2.47. The Kier molecular flexibility index (Phi) is 3.25. The van der Waals surface area contributed by atoms with Gasteiger partial charge in [0.05, 0.1) is 6.54 Å². The fraction of sp³-hybridized carbons (Fsp3) is 0.474. The highest BCUT2D eigenvalue weighted by Crippen LogP contribution is 2.46. The van der Waals surface area contributed by atoms with Gasteiger partial charge in [-0.15, -0.1) is 0 Å². The van der Waals surface area contributed by atoms with Crippen molar-refractivity contribution in [3.05, 3.63) is 47.2 Å². The van der Waals surface area contributed by atoms with Crippen LogP contribution in [0.3, 0.4) is 0 Å². The van der Waals surface area contributed by atoms with E-state index in [9.17, 15) is 0 Å². The van der Waals surface area contributed by atoms with E-state index in [2.05, 4.69) is 45.9 Å². The molecular weight excluding hydrogens is 258 g/mol. The topological polar surface area (TPSA) is 39.2 Å². The van der Waals surface area contributed by atoms with E-state index in [1.807, 2.05) is 12.1 Å². The monoisotopic (exact) mass is 283 g/mol. The second-order valence-electron chi connectivity index (χ2n) is 7.50. The van der Waals surface area contributed by atoms with E-state index in [0.717, 1.165) is 17.1 Å². The summed E-state index contributed by atoms with van der Waals surface area (Å²) in [7, 11) is 0. The lowest BCUT2D eigenvalue weighted by molar-refractivity contribution is 0.332. The van der Waals surface area contributed by atoms with Gasteiger partial charge in [0.2, 0.25) is 0 Å². The Balaban J connectivity index is 2.11. The first-order chi connectivity index (χ1) is 9.83. The van der Waals surface area contributed by atoms with Gasteiger partial charge in [-0.25, -0.2) is 0 Å². The molecule has 1 aliphatic carbocycles. The molecule has 1 aromatic carbocycles. The first kappa shape index (κ1) is 14.4. The lowest BCUT2D eigenvalue weighted by Crippen LogP contribution is -2.33. The van der Waals surface area contributed by atoms with Crippen LogP contribution in [0.2, 0.25) is 0 Å². The van der Waals surface area contributed by atoms with E-state index in [1.54, 1.807) is 0 Å². The maximum absolute atomic E-state index is 5.81. The van der Waals surface area contributed by atoms with Crippen molar-refractivity contribution >= 4 is 0 Å². The Morgan fingerprint density at radius 2 is 1.62 bits per heavy atom. The molecule has 1 heterocycles. The molecule has 2 nitrogen and oxygen atoms in total. The van der Waals surface area contributed by atoms with Crippen LogP contribution < -0.4 is 5.73 Å². The molecule has 3 rings (SSSR count). The fourth-order valence-corrected chi connectivity index (χ4v) is 3.38. The number of benzene rings is 1. The average molecular weight is 283 g/mol. The van der Waals surface area contributed by atoms with E-state index in [1.165, 1.54) is 24.0 Å². The van der Waals surface area contributed by atoms with Gasteiger partial charge >= 0.3 is 0 Å². The van der Waals surface area contributed by atoms with Crippen LogP contribution in [0.4, 0.5) is 0 Å². The SMILES string of the molecule is CC1(C)CCC(C)(C)c2cc(-c3ccc(CN)o3)ccc21. The summed E-state index contributed by atoms with van der Waals surface area (Å²) in [5.74, 6) is 1.75. The predicted molar refractivity (Wildman–Crippen MR) is 87.3 cm³/mol. The van der Waals surface area contributed by atoms with Gasteiger partial charge < -0.3 is 10.2 Å². The summed E-state index contributed by atoms with van der Waals surface area (Å²) < 4.78 is 5.81. The molecule has 0 bridgehead atoms. The fourth-order valence-electron chi connectivity index (χ4n) is 3.38. The molecule has 2 heteroatoms. The molecule has 0 fully saturated rings.